The highest BCUT2D eigenvalue weighted by Gasteiger charge is 2.12. The van der Waals surface area contributed by atoms with E-state index < -0.39 is 24.5 Å². The van der Waals surface area contributed by atoms with Crippen molar-refractivity contribution in [2.75, 3.05) is 18.9 Å². The van der Waals surface area contributed by atoms with E-state index in [4.69, 9.17) is 4.74 Å². The van der Waals surface area contributed by atoms with E-state index in [1.54, 1.807) is 0 Å². The van der Waals surface area contributed by atoms with Crippen LogP contribution in [0.25, 0.3) is 0 Å². The Morgan fingerprint density at radius 1 is 1.20 bits per heavy atom. The van der Waals surface area contributed by atoms with E-state index in [1.807, 2.05) is 39.8 Å². The standard InChI is InChI=1S/C17H23BrN2O4S/c1-10(2)7-19-17(23)20-15(21)8-24-16(22)9-25-14-6-11(3)13(18)5-12(14)4/h5-6,10H,7-9H2,1-4H3,(H2,19,20,21,23). The van der Waals surface area contributed by atoms with Gasteiger partial charge in [-0.3, -0.25) is 14.9 Å². The fourth-order valence-electron chi connectivity index (χ4n) is 1.74. The van der Waals surface area contributed by atoms with Gasteiger partial charge in [-0.25, -0.2) is 4.79 Å². The lowest BCUT2D eigenvalue weighted by Crippen LogP contribution is -2.42. The zero-order chi connectivity index (χ0) is 19.0. The van der Waals surface area contributed by atoms with Crippen LogP contribution in [-0.4, -0.2) is 36.8 Å². The molecule has 1 aromatic carbocycles. The fraction of sp³-hybridized carbons (Fsp3) is 0.471. The Bertz CT molecular complexity index is 650. The van der Waals surface area contributed by atoms with Crippen molar-refractivity contribution in [3.8, 4) is 0 Å². The van der Waals surface area contributed by atoms with Crippen molar-refractivity contribution < 1.29 is 19.1 Å². The Morgan fingerprint density at radius 3 is 2.52 bits per heavy atom. The molecule has 0 aromatic heterocycles. The summed E-state index contributed by atoms with van der Waals surface area (Å²) in [6.07, 6.45) is 0. The van der Waals surface area contributed by atoms with Gasteiger partial charge in [0.15, 0.2) is 6.61 Å². The molecule has 0 spiro atoms. The first-order valence-corrected chi connectivity index (χ1v) is 9.59. The molecule has 0 unspecified atom stereocenters. The molecule has 0 atom stereocenters. The first-order chi connectivity index (χ1) is 11.7. The zero-order valence-electron chi connectivity index (χ0n) is 14.8. The summed E-state index contributed by atoms with van der Waals surface area (Å²) >= 11 is 4.81. The molecule has 0 fully saturated rings. The second-order valence-corrected chi connectivity index (χ2v) is 7.84. The van der Waals surface area contributed by atoms with E-state index in [0.29, 0.717) is 6.54 Å². The minimum Gasteiger partial charge on any atom is -0.455 e. The smallest absolute Gasteiger partial charge is 0.321 e. The van der Waals surface area contributed by atoms with Crippen LogP contribution in [0, 0.1) is 19.8 Å². The summed E-state index contributed by atoms with van der Waals surface area (Å²) < 4.78 is 5.90. The van der Waals surface area contributed by atoms with Gasteiger partial charge in [-0.15, -0.1) is 11.8 Å². The molecule has 6 nitrogen and oxygen atoms in total. The largest absolute Gasteiger partial charge is 0.455 e. The minimum atomic E-state index is -0.657. The second kappa shape index (κ2) is 10.5. The van der Waals surface area contributed by atoms with Crippen LogP contribution in [0.1, 0.15) is 25.0 Å². The number of halogens is 1. The fourth-order valence-corrected chi connectivity index (χ4v) is 3.10. The molecule has 0 saturated carbocycles. The molecule has 8 heteroatoms. The van der Waals surface area contributed by atoms with Gasteiger partial charge in [0.05, 0.1) is 5.75 Å². The summed E-state index contributed by atoms with van der Waals surface area (Å²) in [6.45, 7) is 7.79. The van der Waals surface area contributed by atoms with Crippen LogP contribution in [0.15, 0.2) is 21.5 Å². The number of imide groups is 1. The van der Waals surface area contributed by atoms with E-state index in [0.717, 1.165) is 20.5 Å². The molecule has 25 heavy (non-hydrogen) atoms. The quantitative estimate of drug-likeness (QED) is 0.512. The normalized spacial score (nSPS) is 10.5. The van der Waals surface area contributed by atoms with Gasteiger partial charge in [-0.1, -0.05) is 29.8 Å². The van der Waals surface area contributed by atoms with Crippen LogP contribution in [0.4, 0.5) is 4.79 Å². The number of hydrogen-bond donors (Lipinski definition) is 2. The van der Waals surface area contributed by atoms with Gasteiger partial charge in [0.1, 0.15) is 0 Å². The molecule has 0 bridgehead atoms. The van der Waals surface area contributed by atoms with Crippen molar-refractivity contribution in [3.05, 3.63) is 27.7 Å². The molecule has 0 radical (unpaired) electrons. The SMILES string of the molecule is Cc1cc(SCC(=O)OCC(=O)NC(=O)NCC(C)C)c(C)cc1Br. The molecular formula is C17H23BrN2O4S. The maximum absolute atomic E-state index is 11.8. The molecule has 0 aliphatic heterocycles. The maximum atomic E-state index is 11.8. The van der Waals surface area contributed by atoms with Gasteiger partial charge in [0, 0.05) is 15.9 Å². The van der Waals surface area contributed by atoms with Crippen molar-refractivity contribution >= 4 is 45.6 Å². The lowest BCUT2D eigenvalue weighted by molar-refractivity contribution is -0.145. The molecule has 2 N–H and O–H groups in total. The number of thioether (sulfide) groups is 1. The number of nitrogens with one attached hydrogen (secondary N) is 2. The molecule has 0 aliphatic rings. The number of carbonyl (C=O) groups excluding carboxylic acids is 3. The van der Waals surface area contributed by atoms with Gasteiger partial charge in [-0.2, -0.15) is 0 Å². The van der Waals surface area contributed by atoms with Crippen molar-refractivity contribution in [1.82, 2.24) is 10.6 Å². The third kappa shape index (κ3) is 8.40. The summed E-state index contributed by atoms with van der Waals surface area (Å²) in [5, 5.41) is 4.65. The minimum absolute atomic E-state index is 0.0920. The third-order valence-corrected chi connectivity index (χ3v) is 5.08. The molecule has 0 heterocycles. The van der Waals surface area contributed by atoms with Crippen LogP contribution < -0.4 is 10.6 Å². The molecule has 1 aromatic rings. The molecular weight excluding hydrogens is 408 g/mol. The highest BCUT2D eigenvalue weighted by atomic mass is 79.9. The number of rotatable bonds is 7. The summed E-state index contributed by atoms with van der Waals surface area (Å²) in [4.78, 5) is 35.7. The Morgan fingerprint density at radius 2 is 1.88 bits per heavy atom. The van der Waals surface area contributed by atoms with Crippen LogP contribution in [0.3, 0.4) is 0 Å². The van der Waals surface area contributed by atoms with E-state index in [-0.39, 0.29) is 11.7 Å². The average Bonchev–Trinajstić information content (AvgIpc) is 2.53. The third-order valence-electron chi connectivity index (χ3n) is 3.09. The van der Waals surface area contributed by atoms with Crippen LogP contribution in [0.2, 0.25) is 0 Å². The van der Waals surface area contributed by atoms with Gasteiger partial charge < -0.3 is 10.1 Å². The van der Waals surface area contributed by atoms with Crippen molar-refractivity contribution in [3.63, 3.8) is 0 Å². The number of carbonyl (C=O) groups is 3. The Kier molecular flexibility index (Phi) is 8.99. The second-order valence-electron chi connectivity index (χ2n) is 5.97. The molecule has 1 rings (SSSR count). The van der Waals surface area contributed by atoms with Gasteiger partial charge in [-0.05, 0) is 43.0 Å². The number of amides is 3. The topological polar surface area (TPSA) is 84.5 Å². The Balaban J connectivity index is 2.34. The first kappa shape index (κ1) is 21.5. The van der Waals surface area contributed by atoms with E-state index in [2.05, 4.69) is 26.6 Å². The predicted octanol–water partition coefficient (Wildman–Crippen LogP) is 3.18. The monoisotopic (exact) mass is 430 g/mol. The van der Waals surface area contributed by atoms with Crippen LogP contribution >= 0.6 is 27.7 Å². The zero-order valence-corrected chi connectivity index (χ0v) is 17.2. The highest BCUT2D eigenvalue weighted by Crippen LogP contribution is 2.28. The van der Waals surface area contributed by atoms with E-state index >= 15 is 0 Å². The first-order valence-electron chi connectivity index (χ1n) is 7.82. The predicted molar refractivity (Wildman–Crippen MR) is 102 cm³/mol. The van der Waals surface area contributed by atoms with Crippen molar-refractivity contribution in [2.45, 2.75) is 32.6 Å². The highest BCUT2D eigenvalue weighted by molar-refractivity contribution is 9.10. The maximum Gasteiger partial charge on any atom is 0.321 e. The molecule has 0 saturated heterocycles. The molecule has 0 aliphatic carbocycles. The Hall–Kier alpha value is -1.54. The van der Waals surface area contributed by atoms with Crippen molar-refractivity contribution in [2.24, 2.45) is 5.92 Å². The van der Waals surface area contributed by atoms with Crippen LogP contribution in [-0.2, 0) is 14.3 Å². The van der Waals surface area contributed by atoms with Crippen LogP contribution in [0.5, 0.6) is 0 Å². The number of urea groups is 1. The number of esters is 1. The van der Waals surface area contributed by atoms with Crippen molar-refractivity contribution in [1.29, 1.82) is 0 Å². The Labute approximate surface area is 160 Å². The lowest BCUT2D eigenvalue weighted by Gasteiger charge is -2.10. The summed E-state index contributed by atoms with van der Waals surface area (Å²) in [7, 11) is 0. The number of benzene rings is 1. The molecule has 138 valence electrons. The number of ether oxygens (including phenoxy) is 1. The van der Waals surface area contributed by atoms with Gasteiger partial charge >= 0.3 is 12.0 Å². The van der Waals surface area contributed by atoms with E-state index in [1.165, 1.54) is 11.8 Å². The van der Waals surface area contributed by atoms with E-state index in [9.17, 15) is 14.4 Å². The average molecular weight is 431 g/mol. The lowest BCUT2D eigenvalue weighted by atomic mass is 10.2. The summed E-state index contributed by atoms with van der Waals surface area (Å²) in [6, 6.07) is 3.39. The number of aryl methyl sites for hydroxylation is 2. The molecule has 3 amide bonds. The van der Waals surface area contributed by atoms with Gasteiger partial charge in [0.2, 0.25) is 0 Å². The summed E-state index contributed by atoms with van der Waals surface area (Å²) in [5.74, 6) is -0.797. The summed E-state index contributed by atoms with van der Waals surface area (Å²) in [5.41, 5.74) is 2.13. The number of hydrogen-bond acceptors (Lipinski definition) is 5. The van der Waals surface area contributed by atoms with Gasteiger partial charge in [0.25, 0.3) is 5.91 Å².